The fourth-order valence-corrected chi connectivity index (χ4v) is 3.91. The van der Waals surface area contributed by atoms with Gasteiger partial charge >= 0.3 is 5.69 Å². The monoisotopic (exact) mass is 460 g/mol. The Bertz CT molecular complexity index is 1260. The number of unbranched alkanes of at least 4 members (excludes halogenated alkanes) is 2. The van der Waals surface area contributed by atoms with Crippen molar-refractivity contribution in [3.05, 3.63) is 70.4 Å². The Morgan fingerprint density at radius 1 is 1.06 bits per heavy atom. The predicted molar refractivity (Wildman–Crippen MR) is 135 cm³/mol. The molecule has 0 spiro atoms. The van der Waals surface area contributed by atoms with Crippen molar-refractivity contribution < 1.29 is 4.74 Å². The molecule has 0 amide bonds. The van der Waals surface area contributed by atoms with E-state index in [0.717, 1.165) is 17.5 Å². The minimum atomic E-state index is -0.199. The summed E-state index contributed by atoms with van der Waals surface area (Å²) in [5.74, 6) is 1.20. The van der Waals surface area contributed by atoms with Gasteiger partial charge in [0.2, 0.25) is 0 Å². The Hall–Kier alpha value is -3.52. The zero-order valence-corrected chi connectivity index (χ0v) is 19.9. The average molecular weight is 461 g/mol. The van der Waals surface area contributed by atoms with E-state index in [9.17, 15) is 4.79 Å². The van der Waals surface area contributed by atoms with Gasteiger partial charge in [-0.25, -0.2) is 19.7 Å². The van der Waals surface area contributed by atoms with Crippen LogP contribution in [0, 0.1) is 0 Å². The largest absolute Gasteiger partial charge is 0.380 e. The van der Waals surface area contributed by atoms with Crippen LogP contribution in [0.15, 0.2) is 53.6 Å². The molecule has 0 fully saturated rings. The molecule has 0 unspecified atom stereocenters. The third-order valence-corrected chi connectivity index (χ3v) is 5.74. The first kappa shape index (κ1) is 23.6. The molecule has 4 rings (SSSR count). The molecule has 8 heteroatoms. The highest BCUT2D eigenvalue weighted by Gasteiger charge is 2.14. The fourth-order valence-electron chi connectivity index (χ4n) is 3.91. The van der Waals surface area contributed by atoms with Crippen molar-refractivity contribution in [2.45, 2.75) is 46.1 Å². The molecule has 178 valence electrons. The summed E-state index contributed by atoms with van der Waals surface area (Å²) in [6.45, 7) is 6.50. The van der Waals surface area contributed by atoms with Gasteiger partial charge in [-0.05, 0) is 43.0 Å². The number of benzene rings is 1. The molecule has 3 aromatic heterocycles. The highest BCUT2D eigenvalue weighted by atomic mass is 16.5. The van der Waals surface area contributed by atoms with Crippen LogP contribution in [0.4, 0.5) is 5.82 Å². The number of nitrogens with one attached hydrogen (secondary N) is 2. The van der Waals surface area contributed by atoms with Gasteiger partial charge in [0, 0.05) is 19.3 Å². The smallest absolute Gasteiger partial charge is 0.328 e. The molecule has 0 aliphatic rings. The first-order chi connectivity index (χ1) is 16.7. The van der Waals surface area contributed by atoms with E-state index in [1.165, 1.54) is 24.8 Å². The van der Waals surface area contributed by atoms with Gasteiger partial charge in [0.05, 0.1) is 24.9 Å². The van der Waals surface area contributed by atoms with Gasteiger partial charge in [0.25, 0.3) is 0 Å². The number of hydrogen-bond acceptors (Lipinski definition) is 6. The van der Waals surface area contributed by atoms with Crippen LogP contribution in [-0.2, 0) is 17.7 Å². The van der Waals surface area contributed by atoms with Gasteiger partial charge in [-0.15, -0.1) is 0 Å². The molecule has 0 saturated carbocycles. The van der Waals surface area contributed by atoms with Crippen LogP contribution in [-0.4, -0.2) is 44.3 Å². The predicted octanol–water partition coefficient (Wildman–Crippen LogP) is 4.41. The number of H-pyrrole nitrogens is 1. The summed E-state index contributed by atoms with van der Waals surface area (Å²) in [7, 11) is 0. The van der Waals surface area contributed by atoms with E-state index in [1.54, 1.807) is 17.0 Å². The zero-order chi connectivity index (χ0) is 23.8. The topological polar surface area (TPSA) is 97.7 Å². The number of pyridine rings is 1. The lowest BCUT2D eigenvalue weighted by Gasteiger charge is -2.10. The minimum absolute atomic E-state index is 0.199. The number of aryl methyl sites for hydroxylation is 1. The number of imidazole rings is 1. The van der Waals surface area contributed by atoms with Crippen LogP contribution in [0.1, 0.15) is 44.2 Å². The Kier molecular flexibility index (Phi) is 8.04. The first-order valence-corrected chi connectivity index (χ1v) is 12.0. The molecular formula is C26H32N6O2. The lowest BCUT2D eigenvalue weighted by Crippen LogP contribution is -2.17. The van der Waals surface area contributed by atoms with Crippen molar-refractivity contribution in [1.82, 2.24) is 24.5 Å². The van der Waals surface area contributed by atoms with E-state index in [-0.39, 0.29) is 5.69 Å². The van der Waals surface area contributed by atoms with E-state index < -0.39 is 0 Å². The van der Waals surface area contributed by atoms with Crippen molar-refractivity contribution in [3.63, 3.8) is 0 Å². The number of fused-ring (bicyclic) bond motifs is 1. The van der Waals surface area contributed by atoms with Crippen molar-refractivity contribution in [2.24, 2.45) is 0 Å². The van der Waals surface area contributed by atoms with Gasteiger partial charge < -0.3 is 15.0 Å². The number of aromatic amines is 1. The van der Waals surface area contributed by atoms with Crippen LogP contribution >= 0.6 is 0 Å². The molecule has 0 atom stereocenters. The van der Waals surface area contributed by atoms with E-state index in [4.69, 9.17) is 9.72 Å². The lowest BCUT2D eigenvalue weighted by molar-refractivity contribution is 0.158. The van der Waals surface area contributed by atoms with E-state index >= 15 is 0 Å². The van der Waals surface area contributed by atoms with Crippen molar-refractivity contribution >= 4 is 17.0 Å². The van der Waals surface area contributed by atoms with Crippen LogP contribution in [0.2, 0.25) is 0 Å². The molecule has 3 heterocycles. The van der Waals surface area contributed by atoms with Gasteiger partial charge in [-0.2, -0.15) is 0 Å². The second-order valence-corrected chi connectivity index (χ2v) is 8.24. The number of aromatic nitrogens is 5. The van der Waals surface area contributed by atoms with E-state index in [2.05, 4.69) is 51.5 Å². The molecule has 0 aliphatic heterocycles. The Labute approximate surface area is 199 Å². The maximum atomic E-state index is 12.7. The maximum absolute atomic E-state index is 12.7. The standard InChI is InChI=1S/C26H32N6O2/c1-3-5-6-8-19-10-12-20(13-11-19)18-32-25-22(30-26(32)33)17-29-24(31-25)21-9-7-14-27-23(21)28-15-16-34-4-2/h7,9-14,17H,3-6,8,15-16,18H2,1-2H3,(H,27,28)(H,30,33). The highest BCUT2D eigenvalue weighted by molar-refractivity contribution is 5.76. The summed E-state index contributed by atoms with van der Waals surface area (Å²) in [5.41, 5.74) is 4.15. The number of anilines is 1. The summed E-state index contributed by atoms with van der Waals surface area (Å²) >= 11 is 0. The first-order valence-electron chi connectivity index (χ1n) is 12.0. The lowest BCUT2D eigenvalue weighted by atomic mass is 10.1. The molecule has 0 radical (unpaired) electrons. The van der Waals surface area contributed by atoms with Gasteiger partial charge in [-0.1, -0.05) is 44.0 Å². The SMILES string of the molecule is CCCCCc1ccc(Cn2c(=O)[nH]c3cnc(-c4cccnc4NCCOCC)nc32)cc1. The fraction of sp³-hybridized carbons (Fsp3) is 0.385. The summed E-state index contributed by atoms with van der Waals surface area (Å²) in [4.78, 5) is 29.2. The molecule has 1 aromatic carbocycles. The van der Waals surface area contributed by atoms with Crippen LogP contribution in [0.25, 0.3) is 22.6 Å². The Morgan fingerprint density at radius 2 is 1.88 bits per heavy atom. The van der Waals surface area contributed by atoms with Crippen LogP contribution in [0.3, 0.4) is 0 Å². The normalized spacial score (nSPS) is 11.2. The summed E-state index contributed by atoms with van der Waals surface area (Å²) < 4.78 is 7.06. The third-order valence-electron chi connectivity index (χ3n) is 5.74. The molecule has 34 heavy (non-hydrogen) atoms. The number of nitrogens with zero attached hydrogens (tertiary/aromatic N) is 4. The molecule has 4 aromatic rings. The molecule has 2 N–H and O–H groups in total. The van der Waals surface area contributed by atoms with Gasteiger partial charge in [0.1, 0.15) is 11.3 Å². The van der Waals surface area contributed by atoms with Crippen molar-refractivity contribution in [1.29, 1.82) is 0 Å². The molecule has 0 saturated heterocycles. The van der Waals surface area contributed by atoms with Crippen molar-refractivity contribution in [3.8, 4) is 11.4 Å². The second kappa shape index (κ2) is 11.6. The van der Waals surface area contributed by atoms with Crippen molar-refractivity contribution in [2.75, 3.05) is 25.1 Å². The molecular weight excluding hydrogens is 428 g/mol. The third kappa shape index (κ3) is 5.69. The van der Waals surface area contributed by atoms with Crippen LogP contribution in [0.5, 0.6) is 0 Å². The summed E-state index contributed by atoms with van der Waals surface area (Å²) in [6.07, 6.45) is 8.13. The zero-order valence-electron chi connectivity index (χ0n) is 19.9. The highest BCUT2D eigenvalue weighted by Crippen LogP contribution is 2.24. The number of rotatable bonds is 12. The Balaban J connectivity index is 1.58. The number of hydrogen-bond donors (Lipinski definition) is 2. The summed E-state index contributed by atoms with van der Waals surface area (Å²) in [6, 6.07) is 12.3. The van der Waals surface area contributed by atoms with Gasteiger partial charge in [-0.3, -0.25) is 4.57 Å². The van der Waals surface area contributed by atoms with E-state index in [0.29, 0.717) is 49.1 Å². The molecule has 0 aliphatic carbocycles. The number of ether oxygens (including phenoxy) is 1. The molecule has 0 bridgehead atoms. The van der Waals surface area contributed by atoms with Gasteiger partial charge in [0.15, 0.2) is 11.5 Å². The summed E-state index contributed by atoms with van der Waals surface area (Å²) in [5, 5.41) is 3.29. The van der Waals surface area contributed by atoms with E-state index in [1.807, 2.05) is 19.1 Å². The Morgan fingerprint density at radius 3 is 2.68 bits per heavy atom. The maximum Gasteiger partial charge on any atom is 0.328 e. The van der Waals surface area contributed by atoms with Crippen LogP contribution < -0.4 is 11.0 Å². The molecule has 8 nitrogen and oxygen atoms in total. The second-order valence-electron chi connectivity index (χ2n) is 8.24. The average Bonchev–Trinajstić information content (AvgIpc) is 3.17. The quantitative estimate of drug-likeness (QED) is 0.304. The minimum Gasteiger partial charge on any atom is -0.380 e.